The van der Waals surface area contributed by atoms with Crippen LogP contribution in [0.1, 0.15) is 71.6 Å². The van der Waals surface area contributed by atoms with E-state index in [4.69, 9.17) is 11.8 Å². The number of nitrogens with zero attached hydrogens (tertiary/aromatic N) is 1. The SMILES string of the molecule is CCCCCCCCCCC1=C(C)C=CCN1Cl. The van der Waals surface area contributed by atoms with E-state index in [0.717, 1.165) is 13.0 Å². The fourth-order valence-corrected chi connectivity index (χ4v) is 2.76. The monoisotopic (exact) mass is 269 g/mol. The van der Waals surface area contributed by atoms with Crippen LogP contribution in [0.3, 0.4) is 0 Å². The normalized spacial score (nSPS) is 15.6. The standard InChI is InChI=1S/C16H28ClN/c1-3-4-5-6-7-8-9-10-13-16-15(2)12-11-14-18(16)17/h11-12H,3-10,13-14H2,1-2H3. The van der Waals surface area contributed by atoms with E-state index in [9.17, 15) is 0 Å². The molecule has 0 radical (unpaired) electrons. The van der Waals surface area contributed by atoms with E-state index in [2.05, 4.69) is 26.0 Å². The highest BCUT2D eigenvalue weighted by molar-refractivity contribution is 6.14. The zero-order valence-corrected chi connectivity index (χ0v) is 12.8. The molecule has 0 atom stereocenters. The summed E-state index contributed by atoms with van der Waals surface area (Å²) >= 11 is 6.20. The summed E-state index contributed by atoms with van der Waals surface area (Å²) < 4.78 is 1.87. The topological polar surface area (TPSA) is 3.24 Å². The Kier molecular flexibility index (Phi) is 8.24. The molecular weight excluding hydrogens is 242 g/mol. The molecule has 1 rings (SSSR count). The van der Waals surface area contributed by atoms with E-state index in [0.29, 0.717) is 0 Å². The van der Waals surface area contributed by atoms with Crippen LogP contribution in [0.25, 0.3) is 0 Å². The summed E-state index contributed by atoms with van der Waals surface area (Å²) in [5, 5.41) is 0. The van der Waals surface area contributed by atoms with E-state index in [-0.39, 0.29) is 0 Å². The number of hydrogen-bond acceptors (Lipinski definition) is 1. The van der Waals surface area contributed by atoms with Crippen LogP contribution in [0, 0.1) is 0 Å². The third-order valence-corrected chi connectivity index (χ3v) is 3.99. The molecule has 0 aromatic heterocycles. The first kappa shape index (κ1) is 15.6. The molecule has 104 valence electrons. The minimum absolute atomic E-state index is 0.852. The minimum Gasteiger partial charge on any atom is -0.285 e. The van der Waals surface area contributed by atoms with Crippen molar-refractivity contribution in [1.82, 2.24) is 4.42 Å². The fraction of sp³-hybridized carbons (Fsp3) is 0.750. The fourth-order valence-electron chi connectivity index (χ4n) is 2.46. The zero-order valence-electron chi connectivity index (χ0n) is 12.1. The van der Waals surface area contributed by atoms with Gasteiger partial charge >= 0.3 is 0 Å². The highest BCUT2D eigenvalue weighted by atomic mass is 35.5. The number of hydrogen-bond donors (Lipinski definition) is 0. The van der Waals surface area contributed by atoms with Gasteiger partial charge in [0.05, 0.1) is 6.54 Å². The van der Waals surface area contributed by atoms with Crippen molar-refractivity contribution in [3.63, 3.8) is 0 Å². The van der Waals surface area contributed by atoms with Crippen molar-refractivity contribution in [1.29, 1.82) is 0 Å². The Morgan fingerprint density at radius 3 is 2.28 bits per heavy atom. The Bertz CT molecular complexity index is 281. The molecule has 0 aliphatic carbocycles. The van der Waals surface area contributed by atoms with Gasteiger partial charge in [-0.3, -0.25) is 4.42 Å². The summed E-state index contributed by atoms with van der Waals surface area (Å²) in [5.41, 5.74) is 2.66. The van der Waals surface area contributed by atoms with Crippen molar-refractivity contribution in [2.45, 2.75) is 71.6 Å². The van der Waals surface area contributed by atoms with Gasteiger partial charge in [-0.1, -0.05) is 64.0 Å². The third kappa shape index (κ3) is 5.95. The van der Waals surface area contributed by atoms with Crippen molar-refractivity contribution < 1.29 is 0 Å². The van der Waals surface area contributed by atoms with Crippen LogP contribution in [0.15, 0.2) is 23.4 Å². The van der Waals surface area contributed by atoms with Gasteiger partial charge in [-0.25, -0.2) is 0 Å². The molecule has 1 aliphatic heterocycles. The van der Waals surface area contributed by atoms with Crippen LogP contribution in [0.2, 0.25) is 0 Å². The average molecular weight is 270 g/mol. The Balaban J connectivity index is 2.05. The van der Waals surface area contributed by atoms with Crippen LogP contribution in [-0.4, -0.2) is 11.0 Å². The average Bonchev–Trinajstić information content (AvgIpc) is 2.35. The quantitative estimate of drug-likeness (QED) is 0.377. The van der Waals surface area contributed by atoms with Crippen LogP contribution >= 0.6 is 11.8 Å². The van der Waals surface area contributed by atoms with E-state index in [1.54, 1.807) is 0 Å². The lowest BCUT2D eigenvalue weighted by atomic mass is 10.0. The number of unbranched alkanes of at least 4 members (excludes halogenated alkanes) is 7. The second-order valence-corrected chi connectivity index (χ2v) is 5.71. The second kappa shape index (κ2) is 9.49. The molecule has 0 unspecified atom stereocenters. The molecule has 0 amide bonds. The summed E-state index contributed by atoms with van der Waals surface area (Å²) in [6.07, 6.45) is 16.4. The summed E-state index contributed by atoms with van der Waals surface area (Å²) in [6.45, 7) is 5.28. The summed E-state index contributed by atoms with van der Waals surface area (Å²) in [4.78, 5) is 0. The van der Waals surface area contributed by atoms with Gasteiger partial charge in [0.15, 0.2) is 0 Å². The van der Waals surface area contributed by atoms with E-state index in [1.165, 1.54) is 62.6 Å². The molecule has 2 heteroatoms. The van der Waals surface area contributed by atoms with Crippen molar-refractivity contribution in [2.24, 2.45) is 0 Å². The first-order valence-corrected chi connectivity index (χ1v) is 7.89. The Hall–Kier alpha value is -0.430. The molecule has 18 heavy (non-hydrogen) atoms. The minimum atomic E-state index is 0.852. The summed E-state index contributed by atoms with van der Waals surface area (Å²) in [5.74, 6) is 0. The molecule has 1 aliphatic rings. The lowest BCUT2D eigenvalue weighted by molar-refractivity contribution is 0.527. The molecule has 0 aromatic carbocycles. The van der Waals surface area contributed by atoms with Crippen LogP contribution in [0.5, 0.6) is 0 Å². The van der Waals surface area contributed by atoms with Gasteiger partial charge in [-0.05, 0) is 25.3 Å². The number of halogens is 1. The second-order valence-electron chi connectivity index (χ2n) is 5.30. The first-order chi connectivity index (χ1) is 8.75. The number of rotatable bonds is 9. The Labute approximate surface area is 118 Å². The van der Waals surface area contributed by atoms with Gasteiger partial charge in [0.25, 0.3) is 0 Å². The maximum Gasteiger partial charge on any atom is 0.0529 e. The van der Waals surface area contributed by atoms with Gasteiger partial charge < -0.3 is 0 Å². The predicted molar refractivity (Wildman–Crippen MR) is 81.6 cm³/mol. The molecule has 1 heterocycles. The maximum atomic E-state index is 6.20. The Morgan fingerprint density at radius 2 is 1.67 bits per heavy atom. The van der Waals surface area contributed by atoms with Crippen LogP contribution in [0.4, 0.5) is 0 Å². The highest BCUT2D eigenvalue weighted by Gasteiger charge is 2.11. The molecule has 0 saturated heterocycles. The zero-order chi connectivity index (χ0) is 13.2. The third-order valence-electron chi connectivity index (χ3n) is 3.65. The lowest BCUT2D eigenvalue weighted by Crippen LogP contribution is -2.16. The molecule has 0 N–H and O–H groups in total. The van der Waals surface area contributed by atoms with Crippen molar-refractivity contribution in [2.75, 3.05) is 6.54 Å². The smallest absolute Gasteiger partial charge is 0.0529 e. The lowest BCUT2D eigenvalue weighted by Gasteiger charge is -2.23. The van der Waals surface area contributed by atoms with E-state index >= 15 is 0 Å². The Morgan fingerprint density at radius 1 is 1.06 bits per heavy atom. The van der Waals surface area contributed by atoms with E-state index < -0.39 is 0 Å². The molecular formula is C16H28ClN. The molecule has 0 fully saturated rings. The van der Waals surface area contributed by atoms with Gasteiger partial charge in [-0.2, -0.15) is 0 Å². The number of allylic oxidation sites excluding steroid dienone is 3. The predicted octanol–water partition coefficient (Wildman–Crippen LogP) is 5.82. The van der Waals surface area contributed by atoms with E-state index in [1.807, 2.05) is 4.42 Å². The largest absolute Gasteiger partial charge is 0.285 e. The molecule has 0 spiro atoms. The molecule has 0 saturated carbocycles. The van der Waals surface area contributed by atoms with Crippen molar-refractivity contribution >= 4 is 11.8 Å². The summed E-state index contributed by atoms with van der Waals surface area (Å²) in [7, 11) is 0. The van der Waals surface area contributed by atoms with Gasteiger partial charge in [0.1, 0.15) is 0 Å². The molecule has 1 nitrogen and oxygen atoms in total. The van der Waals surface area contributed by atoms with Crippen molar-refractivity contribution in [3.8, 4) is 0 Å². The van der Waals surface area contributed by atoms with Gasteiger partial charge in [0, 0.05) is 17.5 Å². The van der Waals surface area contributed by atoms with Gasteiger partial charge in [0.2, 0.25) is 0 Å². The highest BCUT2D eigenvalue weighted by Crippen LogP contribution is 2.24. The van der Waals surface area contributed by atoms with Crippen LogP contribution in [-0.2, 0) is 0 Å². The maximum absolute atomic E-state index is 6.20. The molecule has 0 bridgehead atoms. The first-order valence-electron chi connectivity index (χ1n) is 7.55. The van der Waals surface area contributed by atoms with Crippen LogP contribution < -0.4 is 0 Å². The molecule has 0 aromatic rings. The summed E-state index contributed by atoms with van der Waals surface area (Å²) in [6, 6.07) is 0. The van der Waals surface area contributed by atoms with Gasteiger partial charge in [-0.15, -0.1) is 0 Å². The van der Waals surface area contributed by atoms with Crippen molar-refractivity contribution in [3.05, 3.63) is 23.4 Å².